The number of nitrogens with one attached hydrogen (secondary N) is 1. The van der Waals surface area contributed by atoms with Crippen molar-refractivity contribution in [2.24, 2.45) is 11.7 Å². The highest BCUT2D eigenvalue weighted by molar-refractivity contribution is 7.92. The van der Waals surface area contributed by atoms with Crippen LogP contribution in [0.1, 0.15) is 51.2 Å². The van der Waals surface area contributed by atoms with Crippen molar-refractivity contribution in [2.45, 2.75) is 76.2 Å². The molecule has 0 spiro atoms. The van der Waals surface area contributed by atoms with Crippen molar-refractivity contribution in [3.63, 3.8) is 0 Å². The first-order chi connectivity index (χ1) is 19.7. The summed E-state index contributed by atoms with van der Waals surface area (Å²) in [6.07, 6.45) is -1.38. The van der Waals surface area contributed by atoms with E-state index in [2.05, 4.69) is 21.3 Å². The maximum absolute atomic E-state index is 12.8. The van der Waals surface area contributed by atoms with Crippen molar-refractivity contribution in [1.82, 2.24) is 9.80 Å². The molecule has 1 aliphatic carbocycles. The summed E-state index contributed by atoms with van der Waals surface area (Å²) in [4.78, 5) is 14.9. The van der Waals surface area contributed by atoms with Crippen molar-refractivity contribution in [1.29, 1.82) is 0 Å². The Labute approximate surface area is 245 Å². The first-order valence-corrected chi connectivity index (χ1v) is 15.6. The molecule has 4 N–H and O–H groups in total. The molecule has 0 saturated carbocycles. The van der Waals surface area contributed by atoms with Crippen LogP contribution in [0, 0.1) is 5.92 Å². The van der Waals surface area contributed by atoms with E-state index in [1.54, 1.807) is 6.07 Å². The topological polar surface area (TPSA) is 125 Å². The van der Waals surface area contributed by atoms with Gasteiger partial charge >= 0.3 is 12.5 Å². The number of piperidine rings is 1. The molecule has 42 heavy (non-hydrogen) atoms. The van der Waals surface area contributed by atoms with Crippen molar-refractivity contribution in [2.75, 3.05) is 30.9 Å². The lowest BCUT2D eigenvalue weighted by Crippen LogP contribution is -2.45. The molecule has 0 aromatic heterocycles. The molecule has 0 bridgehead atoms. The van der Waals surface area contributed by atoms with Gasteiger partial charge < -0.3 is 25.4 Å². The van der Waals surface area contributed by atoms with Crippen molar-refractivity contribution >= 4 is 21.8 Å². The molecule has 1 saturated heterocycles. The summed E-state index contributed by atoms with van der Waals surface area (Å²) in [6, 6.07) is 10.1. The minimum atomic E-state index is -4.86. The number of benzene rings is 2. The molecule has 4 rings (SSSR count). The molecule has 2 aromatic carbocycles. The van der Waals surface area contributed by atoms with E-state index >= 15 is 0 Å². The van der Waals surface area contributed by atoms with Gasteiger partial charge in [-0.3, -0.25) is 4.72 Å². The first-order valence-electron chi connectivity index (χ1n) is 14.1. The van der Waals surface area contributed by atoms with E-state index in [1.165, 1.54) is 10.5 Å². The fourth-order valence-corrected chi connectivity index (χ4v) is 6.37. The monoisotopic (exact) mass is 614 g/mol. The van der Waals surface area contributed by atoms with Crippen LogP contribution in [-0.2, 0) is 22.9 Å². The first kappa shape index (κ1) is 33.5. The Balaban J connectivity index is 0.00000114. The number of nitrogens with zero attached hydrogens (tertiary/aromatic N) is 2. The summed E-state index contributed by atoms with van der Waals surface area (Å²) in [5.74, 6) is -0.0535. The Morgan fingerprint density at radius 2 is 1.74 bits per heavy atom. The summed E-state index contributed by atoms with van der Waals surface area (Å²) >= 11 is 0. The molecule has 9 nitrogen and oxygen atoms in total. The molecule has 0 radical (unpaired) electrons. The lowest BCUT2D eigenvalue weighted by molar-refractivity contribution is -0.274. The molecule has 2 aliphatic rings. The van der Waals surface area contributed by atoms with E-state index in [-0.39, 0.29) is 4.90 Å². The highest BCUT2D eigenvalue weighted by Gasteiger charge is 2.31. The maximum atomic E-state index is 12.8. The number of hydrogen-bond donors (Lipinski definition) is 3. The normalized spacial score (nSPS) is 17.8. The zero-order valence-corrected chi connectivity index (χ0v) is 25.0. The van der Waals surface area contributed by atoms with E-state index in [0.29, 0.717) is 36.8 Å². The minimum Gasteiger partial charge on any atom is -0.465 e. The predicted octanol–water partition coefficient (Wildman–Crippen LogP) is 5.31. The molecule has 1 fully saturated rings. The van der Waals surface area contributed by atoms with Gasteiger partial charge in [0.15, 0.2) is 0 Å². The van der Waals surface area contributed by atoms with E-state index in [0.717, 1.165) is 75.0 Å². The van der Waals surface area contributed by atoms with Crippen molar-refractivity contribution in [3.8, 4) is 5.75 Å². The van der Waals surface area contributed by atoms with Gasteiger partial charge in [0.25, 0.3) is 10.0 Å². The molecule has 13 heteroatoms. The fraction of sp³-hybridized carbons (Fsp3) is 0.552. The Morgan fingerprint density at radius 3 is 2.29 bits per heavy atom. The number of fused-ring (bicyclic) bond motifs is 1. The number of carbonyl (C=O) groups is 1. The predicted molar refractivity (Wildman–Crippen MR) is 155 cm³/mol. The smallest absolute Gasteiger partial charge is 0.465 e. The van der Waals surface area contributed by atoms with Crippen LogP contribution in [0.15, 0.2) is 47.4 Å². The number of likely N-dealkylation sites (N-methyl/N-ethyl adjacent to an activating group) is 1. The average molecular weight is 615 g/mol. The largest absolute Gasteiger partial charge is 0.573 e. The second-order valence-electron chi connectivity index (χ2n) is 11.0. The third-order valence-electron chi connectivity index (χ3n) is 7.33. The summed E-state index contributed by atoms with van der Waals surface area (Å²) in [5, 5.41) is 9.19. The van der Waals surface area contributed by atoms with Crippen LogP contribution in [0.3, 0.4) is 0 Å². The van der Waals surface area contributed by atoms with Crippen LogP contribution in [0.4, 0.5) is 23.7 Å². The molecule has 1 heterocycles. The van der Waals surface area contributed by atoms with Gasteiger partial charge in [-0.05, 0) is 98.1 Å². The average Bonchev–Trinajstić information content (AvgIpc) is 2.90. The second kappa shape index (κ2) is 14.4. The van der Waals surface area contributed by atoms with Crippen LogP contribution in [0.2, 0.25) is 0 Å². The third-order valence-corrected chi connectivity index (χ3v) is 8.73. The summed E-state index contributed by atoms with van der Waals surface area (Å²) < 4.78 is 69.2. The van der Waals surface area contributed by atoms with Gasteiger partial charge in [0.05, 0.1) is 4.90 Å². The number of amides is 1. The number of likely N-dealkylation sites (tertiary alicyclic amines) is 1. The Bertz CT molecular complexity index is 1280. The number of ether oxygens (including phenoxy) is 1. The van der Waals surface area contributed by atoms with Gasteiger partial charge in [-0.25, -0.2) is 13.2 Å². The van der Waals surface area contributed by atoms with Gasteiger partial charge in [-0.2, -0.15) is 0 Å². The standard InChI is InChI=1S/C26H32F3N3O5S.C3H9N/c1-2-31(17-18-11-13-32(14-12-18)25(33)34)22-6-4-19-3-5-21(15-20(19)16-22)30-38(35,36)24-9-7-23(8-10-24)37-26(27,28)29;1-3(2)4/h3,5,7-10,15,18,22,30H,2,4,6,11-14,16-17H2,1H3,(H,33,34);3H,4H2,1-2H3. The number of rotatable bonds is 8. The quantitative estimate of drug-likeness (QED) is 0.368. The highest BCUT2D eigenvalue weighted by Crippen LogP contribution is 2.30. The summed E-state index contributed by atoms with van der Waals surface area (Å²) in [6.45, 7) is 8.92. The Hall–Kier alpha value is -3.03. The van der Waals surface area contributed by atoms with Gasteiger partial charge in [-0.15, -0.1) is 13.2 Å². The van der Waals surface area contributed by atoms with Crippen molar-refractivity contribution < 1.29 is 36.2 Å². The lowest BCUT2D eigenvalue weighted by Gasteiger charge is -2.39. The van der Waals surface area contributed by atoms with E-state index in [1.807, 2.05) is 26.0 Å². The molecule has 234 valence electrons. The SMILES string of the molecule is CC(C)N.CCN(CC1CCN(C(=O)O)CC1)C1CCc2ccc(NS(=O)(=O)c3ccc(OC(F)(F)F)cc3)cc2C1. The Kier molecular flexibility index (Phi) is 11.5. The number of aryl methyl sites for hydroxylation is 1. The number of alkyl halides is 3. The molecule has 2 aromatic rings. The molecular formula is C29H41F3N4O5S. The molecule has 1 atom stereocenters. The second-order valence-corrected chi connectivity index (χ2v) is 12.7. The minimum absolute atomic E-state index is 0.172. The molecule has 1 aliphatic heterocycles. The molecule has 1 unspecified atom stereocenters. The lowest BCUT2D eigenvalue weighted by atomic mass is 9.86. The number of anilines is 1. The summed E-state index contributed by atoms with van der Waals surface area (Å²) in [7, 11) is -4.01. The van der Waals surface area contributed by atoms with E-state index in [4.69, 9.17) is 5.73 Å². The van der Waals surface area contributed by atoms with Gasteiger partial charge in [0.2, 0.25) is 0 Å². The maximum Gasteiger partial charge on any atom is 0.573 e. The van der Waals surface area contributed by atoms with Gasteiger partial charge in [0, 0.05) is 31.4 Å². The van der Waals surface area contributed by atoms with Crippen LogP contribution in [0.25, 0.3) is 0 Å². The summed E-state index contributed by atoms with van der Waals surface area (Å²) in [5.41, 5.74) is 7.74. The number of hydrogen-bond acceptors (Lipinski definition) is 6. The van der Waals surface area contributed by atoms with Gasteiger partial charge in [-0.1, -0.05) is 26.8 Å². The van der Waals surface area contributed by atoms with Crippen molar-refractivity contribution in [3.05, 3.63) is 53.6 Å². The highest BCUT2D eigenvalue weighted by atomic mass is 32.2. The zero-order chi connectivity index (χ0) is 31.1. The van der Waals surface area contributed by atoms with E-state index in [9.17, 15) is 31.5 Å². The number of carboxylic acid groups (broad SMARTS) is 1. The number of sulfonamides is 1. The molecular weight excluding hydrogens is 573 g/mol. The zero-order valence-electron chi connectivity index (χ0n) is 24.2. The Morgan fingerprint density at radius 1 is 1.12 bits per heavy atom. The van der Waals surface area contributed by atoms with Gasteiger partial charge in [0.1, 0.15) is 5.75 Å². The fourth-order valence-electron chi connectivity index (χ4n) is 5.32. The number of halogens is 3. The number of nitrogens with two attached hydrogens (primary N) is 1. The molecule has 1 amide bonds. The van der Waals surface area contributed by atoms with Crippen LogP contribution < -0.4 is 15.2 Å². The van der Waals surface area contributed by atoms with Crippen LogP contribution in [-0.4, -0.2) is 74.0 Å². The van der Waals surface area contributed by atoms with E-state index < -0.39 is 28.2 Å². The van der Waals surface area contributed by atoms with Crippen LogP contribution in [0.5, 0.6) is 5.75 Å². The van der Waals surface area contributed by atoms with Crippen LogP contribution >= 0.6 is 0 Å². The third kappa shape index (κ3) is 10.1.